The van der Waals surface area contributed by atoms with E-state index in [-0.39, 0.29) is 11.3 Å². The zero-order valence-corrected chi connectivity index (χ0v) is 9.26. The van der Waals surface area contributed by atoms with Crippen LogP contribution in [0.15, 0.2) is 29.3 Å². The first kappa shape index (κ1) is 10.3. The van der Waals surface area contributed by atoms with Crippen LogP contribution in [0.3, 0.4) is 0 Å². The summed E-state index contributed by atoms with van der Waals surface area (Å²) in [6.07, 6.45) is 1.58. The van der Waals surface area contributed by atoms with Crippen molar-refractivity contribution < 1.29 is 5.11 Å². The van der Waals surface area contributed by atoms with Crippen LogP contribution in [0.1, 0.15) is 0 Å². The molecule has 2 N–H and O–H groups in total. The van der Waals surface area contributed by atoms with Crippen LogP contribution in [-0.4, -0.2) is 27.7 Å². The SMILES string of the molecule is O=c1c2cc(O)ccc2ncn1CC1CNC1. The number of nitrogens with one attached hydrogen (secondary N) is 1. The molecule has 0 unspecified atom stereocenters. The molecular formula is C12H13N3O2. The minimum atomic E-state index is -0.0854. The Labute approximate surface area is 97.7 Å². The molecule has 1 saturated heterocycles. The lowest BCUT2D eigenvalue weighted by atomic mass is 10.0. The molecule has 17 heavy (non-hydrogen) atoms. The van der Waals surface area contributed by atoms with Gasteiger partial charge in [-0.2, -0.15) is 0 Å². The molecule has 1 fully saturated rings. The van der Waals surface area contributed by atoms with Crippen molar-refractivity contribution in [3.05, 3.63) is 34.9 Å². The first-order valence-corrected chi connectivity index (χ1v) is 5.63. The number of phenols is 1. The summed E-state index contributed by atoms with van der Waals surface area (Å²) in [5, 5.41) is 13.0. The number of nitrogens with zero attached hydrogens (tertiary/aromatic N) is 2. The van der Waals surface area contributed by atoms with Crippen LogP contribution in [0.4, 0.5) is 0 Å². The van der Waals surface area contributed by atoms with Crippen molar-refractivity contribution >= 4 is 10.9 Å². The molecule has 1 aliphatic heterocycles. The van der Waals surface area contributed by atoms with Gasteiger partial charge in [0.15, 0.2) is 0 Å². The highest BCUT2D eigenvalue weighted by atomic mass is 16.3. The van der Waals surface area contributed by atoms with Crippen molar-refractivity contribution in [2.45, 2.75) is 6.54 Å². The van der Waals surface area contributed by atoms with Gasteiger partial charge in [0, 0.05) is 25.6 Å². The molecule has 2 heterocycles. The van der Waals surface area contributed by atoms with Crippen molar-refractivity contribution in [2.24, 2.45) is 5.92 Å². The highest BCUT2D eigenvalue weighted by Gasteiger charge is 2.18. The van der Waals surface area contributed by atoms with E-state index in [2.05, 4.69) is 10.3 Å². The molecule has 0 aliphatic carbocycles. The van der Waals surface area contributed by atoms with Gasteiger partial charge in [0.1, 0.15) is 5.75 Å². The molecule has 88 valence electrons. The van der Waals surface area contributed by atoms with Crippen LogP contribution >= 0.6 is 0 Å². The Morgan fingerprint density at radius 1 is 1.47 bits per heavy atom. The van der Waals surface area contributed by atoms with E-state index >= 15 is 0 Å². The summed E-state index contributed by atoms with van der Waals surface area (Å²) in [5.74, 6) is 0.601. The lowest BCUT2D eigenvalue weighted by molar-refractivity contribution is 0.303. The standard InChI is InChI=1S/C12H13N3O2/c16-9-1-2-11-10(3-9)12(17)15(7-14-11)6-8-4-13-5-8/h1-3,7-8,13,16H,4-6H2. The van der Waals surface area contributed by atoms with Gasteiger partial charge in [-0.25, -0.2) is 4.98 Å². The van der Waals surface area contributed by atoms with Gasteiger partial charge in [-0.15, -0.1) is 0 Å². The van der Waals surface area contributed by atoms with Crippen LogP contribution in [0.5, 0.6) is 5.75 Å². The average Bonchev–Trinajstić information content (AvgIpc) is 2.27. The molecule has 0 bridgehead atoms. The number of rotatable bonds is 2. The number of aromatic hydroxyl groups is 1. The first-order valence-electron chi connectivity index (χ1n) is 5.63. The largest absolute Gasteiger partial charge is 0.508 e. The summed E-state index contributed by atoms with van der Waals surface area (Å²) < 4.78 is 1.62. The van der Waals surface area contributed by atoms with Crippen LogP contribution in [0.2, 0.25) is 0 Å². The Morgan fingerprint density at radius 3 is 3.00 bits per heavy atom. The fourth-order valence-corrected chi connectivity index (χ4v) is 2.03. The summed E-state index contributed by atoms with van der Waals surface area (Å²) >= 11 is 0. The third-order valence-electron chi connectivity index (χ3n) is 3.13. The number of aromatic nitrogens is 2. The summed E-state index contributed by atoms with van der Waals surface area (Å²) in [4.78, 5) is 16.4. The molecule has 1 aromatic carbocycles. The van der Waals surface area contributed by atoms with E-state index < -0.39 is 0 Å². The lowest BCUT2D eigenvalue weighted by Gasteiger charge is -2.27. The lowest BCUT2D eigenvalue weighted by Crippen LogP contribution is -2.45. The third kappa shape index (κ3) is 1.78. The van der Waals surface area contributed by atoms with E-state index in [9.17, 15) is 9.90 Å². The number of hydrogen-bond acceptors (Lipinski definition) is 4. The van der Waals surface area contributed by atoms with Crippen molar-refractivity contribution in [2.75, 3.05) is 13.1 Å². The van der Waals surface area contributed by atoms with E-state index in [0.717, 1.165) is 13.1 Å². The highest BCUT2D eigenvalue weighted by Crippen LogP contribution is 2.15. The first-order chi connectivity index (χ1) is 8.24. The van der Waals surface area contributed by atoms with Gasteiger partial charge in [0.05, 0.1) is 17.2 Å². The van der Waals surface area contributed by atoms with Crippen molar-refractivity contribution in [1.82, 2.24) is 14.9 Å². The van der Waals surface area contributed by atoms with Gasteiger partial charge in [0.2, 0.25) is 0 Å². The molecule has 5 nitrogen and oxygen atoms in total. The Balaban J connectivity index is 2.07. The number of fused-ring (bicyclic) bond motifs is 1. The second-order valence-corrected chi connectivity index (χ2v) is 4.43. The molecule has 2 aromatic rings. The van der Waals surface area contributed by atoms with Gasteiger partial charge in [-0.05, 0) is 18.2 Å². The predicted molar refractivity (Wildman–Crippen MR) is 64.0 cm³/mol. The van der Waals surface area contributed by atoms with Gasteiger partial charge in [-0.1, -0.05) is 0 Å². The van der Waals surface area contributed by atoms with E-state index in [4.69, 9.17) is 0 Å². The molecule has 1 aromatic heterocycles. The Hall–Kier alpha value is -1.88. The molecule has 3 rings (SSSR count). The fourth-order valence-electron chi connectivity index (χ4n) is 2.03. The van der Waals surface area contributed by atoms with Crippen molar-refractivity contribution in [3.63, 3.8) is 0 Å². The highest BCUT2D eigenvalue weighted by molar-refractivity contribution is 5.78. The minimum Gasteiger partial charge on any atom is -0.508 e. The number of benzene rings is 1. The quantitative estimate of drug-likeness (QED) is 0.781. The Morgan fingerprint density at radius 2 is 2.29 bits per heavy atom. The second kappa shape index (κ2) is 3.85. The molecular weight excluding hydrogens is 218 g/mol. The number of phenolic OH excluding ortho intramolecular Hbond substituents is 1. The van der Waals surface area contributed by atoms with Crippen LogP contribution < -0.4 is 10.9 Å². The van der Waals surface area contributed by atoms with E-state index in [1.54, 1.807) is 17.0 Å². The zero-order valence-electron chi connectivity index (χ0n) is 9.26. The third-order valence-corrected chi connectivity index (χ3v) is 3.13. The van der Waals surface area contributed by atoms with E-state index in [1.165, 1.54) is 12.1 Å². The zero-order chi connectivity index (χ0) is 11.8. The fraction of sp³-hybridized carbons (Fsp3) is 0.333. The second-order valence-electron chi connectivity index (χ2n) is 4.43. The maximum Gasteiger partial charge on any atom is 0.261 e. The summed E-state index contributed by atoms with van der Waals surface area (Å²) in [6, 6.07) is 4.66. The average molecular weight is 231 g/mol. The van der Waals surface area contributed by atoms with Gasteiger partial charge < -0.3 is 10.4 Å². The summed E-state index contributed by atoms with van der Waals surface area (Å²) in [6.45, 7) is 2.58. The van der Waals surface area contributed by atoms with Gasteiger partial charge in [0.25, 0.3) is 5.56 Å². The Kier molecular flexibility index (Phi) is 2.33. The van der Waals surface area contributed by atoms with E-state index in [1.807, 2.05) is 0 Å². The summed E-state index contributed by atoms with van der Waals surface area (Å²) in [7, 11) is 0. The topological polar surface area (TPSA) is 67.1 Å². The summed E-state index contributed by atoms with van der Waals surface area (Å²) in [5.41, 5.74) is 0.536. The smallest absolute Gasteiger partial charge is 0.261 e. The van der Waals surface area contributed by atoms with Gasteiger partial charge >= 0.3 is 0 Å². The Bertz CT molecular complexity index is 617. The molecule has 0 amide bonds. The van der Waals surface area contributed by atoms with Crippen LogP contribution in [0, 0.1) is 5.92 Å². The molecule has 0 atom stereocenters. The minimum absolute atomic E-state index is 0.0854. The number of hydrogen-bond donors (Lipinski definition) is 2. The predicted octanol–water partition coefficient (Wildman–Crippen LogP) is 0.321. The molecule has 0 saturated carbocycles. The maximum atomic E-state index is 12.1. The van der Waals surface area contributed by atoms with Crippen molar-refractivity contribution in [3.8, 4) is 5.75 Å². The molecule has 0 spiro atoms. The molecule has 0 radical (unpaired) electrons. The molecule has 5 heteroatoms. The van der Waals surface area contributed by atoms with Crippen LogP contribution in [0.25, 0.3) is 10.9 Å². The molecule has 1 aliphatic rings. The normalized spacial score (nSPS) is 16.0. The monoisotopic (exact) mass is 231 g/mol. The van der Waals surface area contributed by atoms with Crippen molar-refractivity contribution in [1.29, 1.82) is 0 Å². The van der Waals surface area contributed by atoms with E-state index in [0.29, 0.717) is 23.4 Å². The van der Waals surface area contributed by atoms with Crippen LogP contribution in [-0.2, 0) is 6.54 Å². The maximum absolute atomic E-state index is 12.1. The van der Waals surface area contributed by atoms with Gasteiger partial charge in [-0.3, -0.25) is 9.36 Å².